The molecule has 52 heavy (non-hydrogen) atoms. The number of halogens is 1. The van der Waals surface area contributed by atoms with Crippen LogP contribution in [0.4, 0.5) is 5.82 Å². The molecule has 6 aliphatic rings. The molecule has 0 spiro atoms. The number of aromatic nitrogens is 2. The van der Waals surface area contributed by atoms with Crippen molar-refractivity contribution in [3.05, 3.63) is 81.5 Å². The first-order valence-electron chi connectivity index (χ1n) is 17.5. The maximum atomic E-state index is 13.9. The Hall–Kier alpha value is -5.39. The zero-order chi connectivity index (χ0) is 36.3. The molecule has 6 heterocycles. The smallest absolute Gasteiger partial charge is 0.269 e. The minimum absolute atomic E-state index is 0.0599. The van der Waals surface area contributed by atoms with Crippen LogP contribution in [-0.2, 0) is 16.1 Å². The van der Waals surface area contributed by atoms with Crippen molar-refractivity contribution in [2.75, 3.05) is 18.0 Å². The van der Waals surface area contributed by atoms with Crippen molar-refractivity contribution in [1.29, 1.82) is 5.26 Å². The van der Waals surface area contributed by atoms with Crippen LogP contribution in [0.25, 0.3) is 0 Å². The number of rotatable bonds is 8. The summed E-state index contributed by atoms with van der Waals surface area (Å²) in [5.41, 5.74) is 7.19. The molecule has 5 aliphatic heterocycles. The van der Waals surface area contributed by atoms with E-state index >= 15 is 0 Å². The molecule has 2 aromatic carbocycles. The summed E-state index contributed by atoms with van der Waals surface area (Å²) in [6.07, 6.45) is 3.24. The fourth-order valence-corrected chi connectivity index (χ4v) is 8.64. The van der Waals surface area contributed by atoms with E-state index in [-0.39, 0.29) is 59.8 Å². The average molecular weight is 723 g/mol. The molecule has 1 saturated carbocycles. The van der Waals surface area contributed by atoms with E-state index in [2.05, 4.69) is 20.0 Å². The van der Waals surface area contributed by atoms with Gasteiger partial charge in [0.1, 0.15) is 17.9 Å². The molecule has 1 aliphatic carbocycles. The molecule has 2 bridgehead atoms. The van der Waals surface area contributed by atoms with Crippen molar-refractivity contribution in [3.63, 3.8) is 0 Å². The minimum Gasteiger partial charge on any atom is -0.490 e. The Morgan fingerprint density at radius 1 is 0.885 bits per heavy atom. The Labute approximate surface area is 304 Å². The average Bonchev–Trinajstić information content (AvgIpc) is 3.37. The van der Waals surface area contributed by atoms with Gasteiger partial charge in [-0.3, -0.25) is 38.7 Å². The summed E-state index contributed by atoms with van der Waals surface area (Å²) in [7, 11) is 0. The molecule has 3 atom stereocenters. The predicted octanol–water partition coefficient (Wildman–Crippen LogP) is 3.07. The topological polar surface area (TPSA) is 183 Å². The van der Waals surface area contributed by atoms with Crippen LogP contribution in [0.15, 0.2) is 48.5 Å². The number of hydrogen-bond acceptors (Lipinski definition) is 11. The van der Waals surface area contributed by atoms with Gasteiger partial charge < -0.3 is 15.4 Å². The number of fused-ring (bicyclic) bond motifs is 3. The van der Waals surface area contributed by atoms with Crippen LogP contribution >= 0.6 is 11.6 Å². The van der Waals surface area contributed by atoms with Gasteiger partial charge in [0.25, 0.3) is 23.6 Å². The lowest BCUT2D eigenvalue weighted by Crippen LogP contribution is -2.69. The van der Waals surface area contributed by atoms with E-state index in [4.69, 9.17) is 27.3 Å². The summed E-state index contributed by atoms with van der Waals surface area (Å²) >= 11 is 6.15. The third kappa shape index (κ3) is 5.93. The number of carbonyl (C=O) groups excluding carboxylic acids is 5. The molecule has 9 rings (SSSR count). The highest BCUT2D eigenvalue weighted by Crippen LogP contribution is 2.38. The van der Waals surface area contributed by atoms with E-state index in [1.54, 1.807) is 42.5 Å². The number of piperidine rings is 2. The number of hydrogen-bond donors (Lipinski definition) is 1. The number of carbonyl (C=O) groups is 5. The van der Waals surface area contributed by atoms with Crippen molar-refractivity contribution in [3.8, 4) is 11.8 Å². The molecule has 1 aromatic heterocycles. The number of amides is 5. The third-order valence-corrected chi connectivity index (χ3v) is 11.2. The van der Waals surface area contributed by atoms with Gasteiger partial charge in [0.05, 0.1) is 27.8 Å². The Kier molecular flexibility index (Phi) is 8.63. The fraction of sp³-hybridized carbons (Fsp3) is 0.405. The highest BCUT2D eigenvalue weighted by atomic mass is 35.5. The standard InChI is InChI=1S/C37H35ClN8O6/c38-29-15-26(5-2-21(29)16-39)52-25-6-3-22(4-7-25)45-33(47)12-10-31(37(45)51)46-35(49)27-8-1-20(13-28(27)36(46)50)17-43-18-23-14-24(19-43)44(23)32-11-9-30(34(40)48)41-42-32/h1-2,5,8-9,11,13,15,22-25,31H,3-4,6-7,10,12,14,17-19H2,(H2,40,48)/t22?,23-,24-,25?,31-/m1/s1. The lowest BCUT2D eigenvalue weighted by molar-refractivity contribution is -0.155. The number of nitriles is 1. The number of imide groups is 2. The predicted molar refractivity (Wildman–Crippen MR) is 185 cm³/mol. The molecule has 266 valence electrons. The molecule has 5 amide bonds. The molecule has 15 heteroatoms. The summed E-state index contributed by atoms with van der Waals surface area (Å²) in [6.45, 7) is 2.12. The molecule has 0 radical (unpaired) electrons. The highest BCUT2D eigenvalue weighted by molar-refractivity contribution is 6.31. The number of anilines is 1. The molecule has 0 unspecified atom stereocenters. The van der Waals surface area contributed by atoms with E-state index in [1.807, 2.05) is 12.1 Å². The zero-order valence-corrected chi connectivity index (χ0v) is 28.9. The molecule has 14 nitrogen and oxygen atoms in total. The minimum atomic E-state index is -1.05. The number of piperazine rings is 1. The first-order chi connectivity index (χ1) is 25.1. The van der Waals surface area contributed by atoms with E-state index in [0.29, 0.717) is 54.4 Å². The van der Waals surface area contributed by atoms with E-state index in [1.165, 1.54) is 4.90 Å². The molecule has 4 saturated heterocycles. The van der Waals surface area contributed by atoms with Crippen molar-refractivity contribution in [1.82, 2.24) is 24.9 Å². The van der Waals surface area contributed by atoms with E-state index in [0.717, 1.165) is 30.0 Å². The van der Waals surface area contributed by atoms with Crippen molar-refractivity contribution in [2.45, 2.75) is 81.8 Å². The zero-order valence-electron chi connectivity index (χ0n) is 28.1. The molecule has 3 aromatic rings. The van der Waals surface area contributed by atoms with Gasteiger partial charge in [-0.1, -0.05) is 17.7 Å². The second kappa shape index (κ2) is 13.3. The number of ether oxygens (including phenoxy) is 1. The summed E-state index contributed by atoms with van der Waals surface area (Å²) in [6, 6.07) is 14.6. The Morgan fingerprint density at radius 3 is 2.31 bits per heavy atom. The number of nitrogens with two attached hydrogens (primary N) is 1. The molecule has 2 N–H and O–H groups in total. The number of likely N-dealkylation sites (tertiary alicyclic amines) is 1. The van der Waals surface area contributed by atoms with E-state index in [9.17, 15) is 24.0 Å². The monoisotopic (exact) mass is 722 g/mol. The van der Waals surface area contributed by atoms with Crippen LogP contribution in [0.2, 0.25) is 5.02 Å². The van der Waals surface area contributed by atoms with Crippen LogP contribution < -0.4 is 15.4 Å². The Bertz CT molecular complexity index is 2030. The summed E-state index contributed by atoms with van der Waals surface area (Å²) in [5, 5.41) is 17.6. The van der Waals surface area contributed by atoms with Crippen molar-refractivity contribution >= 4 is 47.0 Å². The SMILES string of the molecule is N#Cc1ccc(OC2CCC(N3C(=O)CC[C@@H](N4C(=O)c5ccc(CN6C[C@H]7C[C@H](C6)N7c6ccc(C(N)=O)nn6)cc5C4=O)C3=O)CC2)cc1Cl. The molecular weight excluding hydrogens is 688 g/mol. The van der Waals surface area contributed by atoms with Crippen LogP contribution in [0.5, 0.6) is 5.75 Å². The van der Waals surface area contributed by atoms with Gasteiger partial charge in [-0.2, -0.15) is 5.26 Å². The fourth-order valence-electron chi connectivity index (χ4n) is 8.43. The van der Waals surface area contributed by atoms with Gasteiger partial charge in [0, 0.05) is 50.2 Å². The second-order valence-electron chi connectivity index (χ2n) is 14.1. The summed E-state index contributed by atoms with van der Waals surface area (Å²) in [4.78, 5) is 72.7. The van der Waals surface area contributed by atoms with Crippen molar-refractivity contribution < 1.29 is 28.7 Å². The Balaban J connectivity index is 0.894. The third-order valence-electron chi connectivity index (χ3n) is 10.9. The normalized spacial score (nSPS) is 25.8. The van der Waals surface area contributed by atoms with Gasteiger partial charge in [-0.25, -0.2) is 0 Å². The lowest BCUT2D eigenvalue weighted by Gasteiger charge is -2.56. The maximum absolute atomic E-state index is 13.9. The summed E-state index contributed by atoms with van der Waals surface area (Å²) < 4.78 is 6.09. The largest absolute Gasteiger partial charge is 0.490 e. The molecule has 5 fully saturated rings. The first kappa shape index (κ1) is 33.7. The van der Waals surface area contributed by atoms with Crippen LogP contribution in [0.3, 0.4) is 0 Å². The maximum Gasteiger partial charge on any atom is 0.269 e. The highest BCUT2D eigenvalue weighted by Gasteiger charge is 2.49. The Morgan fingerprint density at radius 2 is 1.63 bits per heavy atom. The lowest BCUT2D eigenvalue weighted by atomic mass is 9.87. The number of primary amides is 1. The van der Waals surface area contributed by atoms with E-state index < -0.39 is 29.7 Å². The van der Waals surface area contributed by atoms with Gasteiger partial charge in [0.2, 0.25) is 5.91 Å². The van der Waals surface area contributed by atoms with Crippen molar-refractivity contribution in [2.24, 2.45) is 5.73 Å². The van der Waals surface area contributed by atoms with Gasteiger partial charge in [-0.15, -0.1) is 10.2 Å². The van der Waals surface area contributed by atoms with Gasteiger partial charge >= 0.3 is 0 Å². The van der Waals surface area contributed by atoms with Gasteiger partial charge in [0.15, 0.2) is 11.5 Å². The van der Waals surface area contributed by atoms with Crippen LogP contribution in [0, 0.1) is 11.3 Å². The first-order valence-corrected chi connectivity index (χ1v) is 17.8. The van der Waals surface area contributed by atoms with Crippen LogP contribution in [-0.4, -0.2) is 97.8 Å². The summed E-state index contributed by atoms with van der Waals surface area (Å²) in [5.74, 6) is -1.21. The van der Waals surface area contributed by atoms with Gasteiger partial charge in [-0.05, 0) is 80.5 Å². The number of benzene rings is 2. The van der Waals surface area contributed by atoms with Crippen LogP contribution in [0.1, 0.15) is 87.3 Å². The number of nitrogens with zero attached hydrogens (tertiary/aromatic N) is 7. The molecular formula is C37H35ClN8O6. The second-order valence-corrected chi connectivity index (χ2v) is 14.5. The quantitative estimate of drug-likeness (QED) is 0.337.